The fourth-order valence-corrected chi connectivity index (χ4v) is 3.93. The van der Waals surface area contributed by atoms with E-state index in [0.29, 0.717) is 6.42 Å². The number of carbonyl (C=O) groups excluding carboxylic acids is 1. The summed E-state index contributed by atoms with van der Waals surface area (Å²) in [7, 11) is 1.81. The minimum Gasteiger partial charge on any atom is -0.340 e. The Bertz CT molecular complexity index is 947. The van der Waals surface area contributed by atoms with E-state index in [1.54, 1.807) is 16.2 Å². The van der Waals surface area contributed by atoms with Gasteiger partial charge in [-0.1, -0.05) is 0 Å². The summed E-state index contributed by atoms with van der Waals surface area (Å²) in [6, 6.07) is 5.99. The number of hydrogen-bond acceptors (Lipinski definition) is 5. The monoisotopic (exact) mass is 324 g/mol. The predicted octanol–water partition coefficient (Wildman–Crippen LogP) is 3.57. The summed E-state index contributed by atoms with van der Waals surface area (Å²) in [4.78, 5) is 23.6. The number of likely N-dealkylation sites (N-methyl/N-ethyl adjacent to an activating group) is 1. The predicted molar refractivity (Wildman–Crippen MR) is 93.7 cm³/mol. The standard InChI is InChI=1S/C17H16N4OS/c1-9-8-23-17-15(9)16(18-10(2)19-17)20-12-4-5-13-11(6-12)7-14(22)21(13)3/h4-6,8H,7H2,1-3H3,(H,18,19,20). The number of anilines is 3. The summed E-state index contributed by atoms with van der Waals surface area (Å²) in [5.41, 5.74) is 4.14. The summed E-state index contributed by atoms with van der Waals surface area (Å²) in [6.45, 7) is 3.97. The molecule has 0 unspecified atom stereocenters. The third-order valence-corrected chi connectivity index (χ3v) is 5.14. The molecule has 116 valence electrons. The number of nitrogens with zero attached hydrogens (tertiary/aromatic N) is 3. The van der Waals surface area contributed by atoms with Crippen LogP contribution < -0.4 is 10.2 Å². The van der Waals surface area contributed by atoms with E-state index >= 15 is 0 Å². The lowest BCUT2D eigenvalue weighted by Gasteiger charge is -2.12. The Kier molecular flexibility index (Phi) is 3.09. The van der Waals surface area contributed by atoms with Crippen molar-refractivity contribution in [1.82, 2.24) is 9.97 Å². The molecule has 6 heteroatoms. The lowest BCUT2D eigenvalue weighted by atomic mass is 10.1. The molecule has 0 saturated heterocycles. The number of nitrogens with one attached hydrogen (secondary N) is 1. The van der Waals surface area contributed by atoms with E-state index in [9.17, 15) is 4.79 Å². The summed E-state index contributed by atoms with van der Waals surface area (Å²) in [5.74, 6) is 1.70. The molecule has 0 saturated carbocycles. The molecule has 1 aliphatic rings. The highest BCUT2D eigenvalue weighted by Gasteiger charge is 2.24. The van der Waals surface area contributed by atoms with E-state index in [0.717, 1.165) is 38.8 Å². The maximum absolute atomic E-state index is 11.8. The number of amides is 1. The summed E-state index contributed by atoms with van der Waals surface area (Å²) < 4.78 is 0. The number of benzene rings is 1. The smallest absolute Gasteiger partial charge is 0.231 e. The molecule has 3 aromatic rings. The van der Waals surface area contributed by atoms with Gasteiger partial charge in [0.2, 0.25) is 5.91 Å². The van der Waals surface area contributed by atoms with Gasteiger partial charge in [-0.05, 0) is 48.6 Å². The maximum Gasteiger partial charge on any atom is 0.231 e. The van der Waals surface area contributed by atoms with Gasteiger partial charge in [-0.2, -0.15) is 0 Å². The number of aryl methyl sites for hydroxylation is 2. The van der Waals surface area contributed by atoms with E-state index in [-0.39, 0.29) is 5.91 Å². The molecule has 0 atom stereocenters. The molecule has 3 heterocycles. The normalized spacial score (nSPS) is 13.7. The molecule has 4 rings (SSSR count). The minimum atomic E-state index is 0.131. The zero-order valence-electron chi connectivity index (χ0n) is 13.2. The van der Waals surface area contributed by atoms with Crippen LogP contribution in [0.3, 0.4) is 0 Å². The Labute approximate surface area is 138 Å². The van der Waals surface area contributed by atoms with Crippen molar-refractivity contribution < 1.29 is 4.79 Å². The first-order valence-electron chi connectivity index (χ1n) is 7.42. The van der Waals surface area contributed by atoms with Gasteiger partial charge in [-0.25, -0.2) is 9.97 Å². The third kappa shape index (κ3) is 2.26. The van der Waals surface area contributed by atoms with Crippen LogP contribution in [0.4, 0.5) is 17.2 Å². The number of fused-ring (bicyclic) bond motifs is 2. The number of carbonyl (C=O) groups is 1. The number of aromatic nitrogens is 2. The molecule has 2 aromatic heterocycles. The van der Waals surface area contributed by atoms with Gasteiger partial charge >= 0.3 is 0 Å². The van der Waals surface area contributed by atoms with Crippen LogP contribution in [0.5, 0.6) is 0 Å². The molecule has 23 heavy (non-hydrogen) atoms. The van der Waals surface area contributed by atoms with Crippen molar-refractivity contribution in [2.75, 3.05) is 17.3 Å². The summed E-state index contributed by atoms with van der Waals surface area (Å²) in [6.07, 6.45) is 0.455. The average molecular weight is 324 g/mol. The molecule has 0 radical (unpaired) electrons. The van der Waals surface area contributed by atoms with Crippen LogP contribution in [-0.2, 0) is 11.2 Å². The second-order valence-corrected chi connectivity index (χ2v) is 6.67. The van der Waals surface area contributed by atoms with Crippen molar-refractivity contribution in [3.8, 4) is 0 Å². The van der Waals surface area contributed by atoms with Crippen molar-refractivity contribution in [3.63, 3.8) is 0 Å². The summed E-state index contributed by atoms with van der Waals surface area (Å²) >= 11 is 1.63. The molecular formula is C17H16N4OS. The highest BCUT2D eigenvalue weighted by Crippen LogP contribution is 2.34. The van der Waals surface area contributed by atoms with E-state index < -0.39 is 0 Å². The van der Waals surface area contributed by atoms with Crippen LogP contribution in [0.25, 0.3) is 10.2 Å². The van der Waals surface area contributed by atoms with Crippen LogP contribution in [0.2, 0.25) is 0 Å². The lowest BCUT2D eigenvalue weighted by molar-refractivity contribution is -0.117. The van der Waals surface area contributed by atoms with E-state index in [4.69, 9.17) is 0 Å². The lowest BCUT2D eigenvalue weighted by Crippen LogP contribution is -2.20. The third-order valence-electron chi connectivity index (χ3n) is 4.15. The van der Waals surface area contributed by atoms with Crippen molar-refractivity contribution in [1.29, 1.82) is 0 Å². The molecule has 0 bridgehead atoms. The first kappa shape index (κ1) is 14.1. The quantitative estimate of drug-likeness (QED) is 0.783. The Morgan fingerprint density at radius 3 is 2.91 bits per heavy atom. The van der Waals surface area contributed by atoms with Gasteiger partial charge in [0.05, 0.1) is 11.8 Å². The molecule has 1 aliphatic heterocycles. The van der Waals surface area contributed by atoms with Crippen LogP contribution in [0, 0.1) is 13.8 Å². The molecule has 1 amide bonds. The molecule has 5 nitrogen and oxygen atoms in total. The average Bonchev–Trinajstić information content (AvgIpc) is 3.00. The second kappa shape index (κ2) is 5.03. The molecule has 0 fully saturated rings. The Morgan fingerprint density at radius 2 is 2.09 bits per heavy atom. The summed E-state index contributed by atoms with van der Waals surface area (Å²) in [5, 5.41) is 6.56. The highest BCUT2D eigenvalue weighted by molar-refractivity contribution is 7.17. The van der Waals surface area contributed by atoms with Crippen LogP contribution >= 0.6 is 11.3 Å². The fourth-order valence-electron chi connectivity index (χ4n) is 2.97. The number of rotatable bonds is 2. The van der Waals surface area contributed by atoms with Crippen molar-refractivity contribution in [2.24, 2.45) is 0 Å². The van der Waals surface area contributed by atoms with Crippen LogP contribution in [0.1, 0.15) is 17.0 Å². The van der Waals surface area contributed by atoms with Gasteiger partial charge in [0.1, 0.15) is 16.5 Å². The van der Waals surface area contributed by atoms with Gasteiger partial charge in [0, 0.05) is 18.4 Å². The molecule has 0 spiro atoms. The van der Waals surface area contributed by atoms with Crippen LogP contribution in [-0.4, -0.2) is 22.9 Å². The van der Waals surface area contributed by atoms with E-state index in [1.165, 1.54) is 5.56 Å². The molecule has 0 aliphatic carbocycles. The van der Waals surface area contributed by atoms with Crippen molar-refractivity contribution in [2.45, 2.75) is 20.3 Å². The number of hydrogen-bond donors (Lipinski definition) is 1. The molecule has 1 aromatic carbocycles. The largest absolute Gasteiger partial charge is 0.340 e. The highest BCUT2D eigenvalue weighted by atomic mass is 32.1. The second-order valence-electron chi connectivity index (χ2n) is 5.82. The number of thiophene rings is 1. The van der Waals surface area contributed by atoms with Crippen molar-refractivity contribution >= 4 is 44.7 Å². The first-order chi connectivity index (χ1) is 11.0. The molecule has 1 N–H and O–H groups in total. The topological polar surface area (TPSA) is 58.1 Å². The van der Waals surface area contributed by atoms with E-state index in [1.807, 2.05) is 32.2 Å². The zero-order valence-corrected chi connectivity index (χ0v) is 14.0. The Hall–Kier alpha value is -2.47. The molecular weight excluding hydrogens is 308 g/mol. The van der Waals surface area contributed by atoms with Crippen LogP contribution in [0.15, 0.2) is 23.6 Å². The minimum absolute atomic E-state index is 0.131. The van der Waals surface area contributed by atoms with Gasteiger partial charge in [-0.15, -0.1) is 11.3 Å². The Balaban J connectivity index is 1.76. The maximum atomic E-state index is 11.8. The van der Waals surface area contributed by atoms with Gasteiger partial charge in [0.25, 0.3) is 0 Å². The Morgan fingerprint density at radius 1 is 1.26 bits per heavy atom. The van der Waals surface area contributed by atoms with Crippen molar-refractivity contribution in [3.05, 3.63) is 40.5 Å². The fraction of sp³-hybridized carbons (Fsp3) is 0.235. The van der Waals surface area contributed by atoms with Gasteiger partial charge in [0.15, 0.2) is 0 Å². The zero-order chi connectivity index (χ0) is 16.1. The first-order valence-corrected chi connectivity index (χ1v) is 8.30. The van der Waals surface area contributed by atoms with Gasteiger partial charge < -0.3 is 10.2 Å². The van der Waals surface area contributed by atoms with Gasteiger partial charge in [-0.3, -0.25) is 4.79 Å². The SMILES string of the molecule is Cc1nc(Nc2ccc3c(c2)CC(=O)N3C)c2c(C)csc2n1. The van der Waals surface area contributed by atoms with E-state index in [2.05, 4.69) is 27.6 Å².